The summed E-state index contributed by atoms with van der Waals surface area (Å²) in [5.74, 6) is -1.23. The number of piperidine rings is 1. The summed E-state index contributed by atoms with van der Waals surface area (Å²) in [6.45, 7) is 6.63. The van der Waals surface area contributed by atoms with Gasteiger partial charge in [-0.15, -0.1) is 0 Å². The minimum Gasteiger partial charge on any atom is -0.453 e. The van der Waals surface area contributed by atoms with Crippen LogP contribution in [0.4, 0.5) is 0 Å². The fourth-order valence-corrected chi connectivity index (χ4v) is 1.55. The van der Waals surface area contributed by atoms with E-state index in [1.165, 1.54) is 0 Å². The van der Waals surface area contributed by atoms with E-state index >= 15 is 0 Å². The van der Waals surface area contributed by atoms with Crippen LogP contribution in [0.3, 0.4) is 0 Å². The summed E-state index contributed by atoms with van der Waals surface area (Å²) in [7, 11) is 0. The molecule has 1 saturated heterocycles. The maximum absolute atomic E-state index is 11.6. The van der Waals surface area contributed by atoms with Crippen molar-refractivity contribution >= 4 is 11.9 Å². The average Bonchev–Trinajstić information content (AvgIpc) is 2.15. The maximum atomic E-state index is 11.6. The zero-order valence-corrected chi connectivity index (χ0v) is 9.71. The van der Waals surface area contributed by atoms with E-state index in [0.717, 1.165) is 19.3 Å². The van der Waals surface area contributed by atoms with Crippen molar-refractivity contribution in [2.24, 2.45) is 0 Å². The van der Waals surface area contributed by atoms with Gasteiger partial charge in [-0.2, -0.15) is 0 Å². The quantitative estimate of drug-likeness (QED) is 0.450. The lowest BCUT2D eigenvalue weighted by Crippen LogP contribution is -2.42. The lowest BCUT2D eigenvalue weighted by atomic mass is 10.1. The smallest absolute Gasteiger partial charge is 0.397 e. The Kier molecular flexibility index (Phi) is 3.72. The van der Waals surface area contributed by atoms with Gasteiger partial charge in [0.05, 0.1) is 0 Å². The molecule has 1 heterocycles. The molecule has 86 valence electrons. The lowest BCUT2D eigenvalue weighted by Gasteiger charge is -2.27. The largest absolute Gasteiger partial charge is 0.453 e. The first-order valence-electron chi connectivity index (χ1n) is 5.42. The second kappa shape index (κ2) is 4.64. The Labute approximate surface area is 90.6 Å². The molecule has 0 aromatic heterocycles. The molecule has 4 nitrogen and oxygen atoms in total. The van der Waals surface area contributed by atoms with Gasteiger partial charge in [-0.25, -0.2) is 4.79 Å². The van der Waals surface area contributed by atoms with Crippen molar-refractivity contribution in [1.82, 2.24) is 4.90 Å². The second-order valence-electron chi connectivity index (χ2n) is 4.85. The SMILES string of the molecule is CC(C)(C)OC(=O)C(=O)N1CCCCC1. The third-order valence-electron chi connectivity index (χ3n) is 2.22. The van der Waals surface area contributed by atoms with Crippen LogP contribution in [0.15, 0.2) is 0 Å². The zero-order valence-electron chi connectivity index (χ0n) is 9.71. The molecule has 0 bridgehead atoms. The Hall–Kier alpha value is -1.06. The Balaban J connectivity index is 2.48. The van der Waals surface area contributed by atoms with Gasteiger partial charge < -0.3 is 9.64 Å². The first-order valence-corrected chi connectivity index (χ1v) is 5.42. The number of carbonyl (C=O) groups is 2. The van der Waals surface area contributed by atoms with Crippen LogP contribution in [-0.4, -0.2) is 35.5 Å². The standard InChI is InChI=1S/C11H19NO3/c1-11(2,3)15-10(14)9(13)12-7-5-4-6-8-12/h4-8H2,1-3H3. The molecule has 1 fully saturated rings. The molecule has 0 unspecified atom stereocenters. The van der Waals surface area contributed by atoms with E-state index < -0.39 is 17.5 Å². The summed E-state index contributed by atoms with van der Waals surface area (Å²) in [6.07, 6.45) is 3.10. The fourth-order valence-electron chi connectivity index (χ4n) is 1.55. The van der Waals surface area contributed by atoms with E-state index in [1.54, 1.807) is 25.7 Å². The van der Waals surface area contributed by atoms with Gasteiger partial charge in [-0.1, -0.05) is 0 Å². The molecule has 1 aliphatic rings. The Morgan fingerprint density at radius 2 is 1.60 bits per heavy atom. The van der Waals surface area contributed by atoms with Crippen molar-refractivity contribution in [2.75, 3.05) is 13.1 Å². The van der Waals surface area contributed by atoms with Gasteiger partial charge in [0.25, 0.3) is 0 Å². The van der Waals surface area contributed by atoms with Crippen LogP contribution in [0, 0.1) is 0 Å². The highest BCUT2D eigenvalue weighted by Crippen LogP contribution is 2.12. The minimum atomic E-state index is -0.732. The number of amides is 1. The fraction of sp³-hybridized carbons (Fsp3) is 0.818. The topological polar surface area (TPSA) is 46.6 Å². The molecule has 0 aromatic rings. The van der Waals surface area contributed by atoms with Crippen LogP contribution in [0.1, 0.15) is 40.0 Å². The molecular weight excluding hydrogens is 194 g/mol. The van der Waals surface area contributed by atoms with Crippen molar-refractivity contribution in [2.45, 2.75) is 45.6 Å². The van der Waals surface area contributed by atoms with E-state index in [2.05, 4.69) is 0 Å². The number of hydrogen-bond acceptors (Lipinski definition) is 3. The first kappa shape index (κ1) is 12.0. The molecule has 0 aliphatic carbocycles. The highest BCUT2D eigenvalue weighted by molar-refractivity contribution is 6.32. The third-order valence-corrected chi connectivity index (χ3v) is 2.22. The van der Waals surface area contributed by atoms with Gasteiger partial charge in [0.15, 0.2) is 0 Å². The summed E-state index contributed by atoms with van der Waals surface area (Å²) in [5.41, 5.74) is -0.595. The van der Waals surface area contributed by atoms with Crippen molar-refractivity contribution < 1.29 is 14.3 Å². The van der Waals surface area contributed by atoms with Gasteiger partial charge in [-0.3, -0.25) is 4.79 Å². The van der Waals surface area contributed by atoms with Crippen LogP contribution in [-0.2, 0) is 14.3 Å². The number of carbonyl (C=O) groups excluding carboxylic acids is 2. The highest BCUT2D eigenvalue weighted by Gasteiger charge is 2.28. The molecule has 4 heteroatoms. The molecule has 0 N–H and O–H groups in total. The first-order chi connectivity index (χ1) is 6.90. The van der Waals surface area contributed by atoms with Gasteiger partial charge in [-0.05, 0) is 40.0 Å². The van der Waals surface area contributed by atoms with Crippen molar-refractivity contribution in [3.8, 4) is 0 Å². The van der Waals surface area contributed by atoms with E-state index in [-0.39, 0.29) is 0 Å². The minimum absolute atomic E-state index is 0.496. The number of rotatable bonds is 0. The number of ether oxygens (including phenoxy) is 1. The van der Waals surface area contributed by atoms with E-state index in [4.69, 9.17) is 4.74 Å². The molecule has 1 amide bonds. The summed E-state index contributed by atoms with van der Waals surface area (Å²) in [4.78, 5) is 24.7. The summed E-state index contributed by atoms with van der Waals surface area (Å²) < 4.78 is 5.02. The molecule has 1 aliphatic heterocycles. The normalized spacial score (nSPS) is 17.4. The second-order valence-corrected chi connectivity index (χ2v) is 4.85. The van der Waals surface area contributed by atoms with Gasteiger partial charge >= 0.3 is 11.9 Å². The Bertz CT molecular complexity index is 249. The van der Waals surface area contributed by atoms with E-state index in [9.17, 15) is 9.59 Å². The molecular formula is C11H19NO3. The van der Waals surface area contributed by atoms with E-state index in [0.29, 0.717) is 13.1 Å². The summed E-state index contributed by atoms with van der Waals surface area (Å²) in [5, 5.41) is 0. The van der Waals surface area contributed by atoms with Gasteiger partial charge in [0.2, 0.25) is 0 Å². The van der Waals surface area contributed by atoms with Crippen LogP contribution in [0.25, 0.3) is 0 Å². The van der Waals surface area contributed by atoms with Crippen LogP contribution in [0.5, 0.6) is 0 Å². The van der Waals surface area contributed by atoms with Gasteiger partial charge in [0, 0.05) is 13.1 Å². The summed E-state index contributed by atoms with van der Waals surface area (Å²) >= 11 is 0. The van der Waals surface area contributed by atoms with Crippen molar-refractivity contribution in [3.63, 3.8) is 0 Å². The van der Waals surface area contributed by atoms with Crippen molar-refractivity contribution in [1.29, 1.82) is 0 Å². The van der Waals surface area contributed by atoms with Crippen LogP contribution >= 0.6 is 0 Å². The maximum Gasteiger partial charge on any atom is 0.397 e. The number of likely N-dealkylation sites (tertiary alicyclic amines) is 1. The molecule has 1 rings (SSSR count). The molecule has 0 spiro atoms. The zero-order chi connectivity index (χ0) is 11.5. The molecule has 0 saturated carbocycles. The highest BCUT2D eigenvalue weighted by atomic mass is 16.6. The van der Waals surface area contributed by atoms with E-state index in [1.807, 2.05) is 0 Å². The predicted molar refractivity (Wildman–Crippen MR) is 56.3 cm³/mol. The Morgan fingerprint density at radius 3 is 2.07 bits per heavy atom. The molecule has 0 radical (unpaired) electrons. The predicted octanol–water partition coefficient (Wildman–Crippen LogP) is 1.34. The molecule has 15 heavy (non-hydrogen) atoms. The number of nitrogens with zero attached hydrogens (tertiary/aromatic N) is 1. The number of hydrogen-bond donors (Lipinski definition) is 0. The third kappa shape index (κ3) is 3.90. The van der Waals surface area contributed by atoms with Crippen molar-refractivity contribution in [3.05, 3.63) is 0 Å². The van der Waals surface area contributed by atoms with Gasteiger partial charge in [0.1, 0.15) is 5.60 Å². The average molecular weight is 213 g/mol. The lowest BCUT2D eigenvalue weighted by molar-refractivity contribution is -0.168. The Morgan fingerprint density at radius 1 is 1.07 bits per heavy atom. The number of esters is 1. The van der Waals surface area contributed by atoms with Crippen LogP contribution < -0.4 is 0 Å². The molecule has 0 atom stereocenters. The summed E-state index contributed by atoms with van der Waals surface area (Å²) in [6, 6.07) is 0. The monoisotopic (exact) mass is 213 g/mol. The van der Waals surface area contributed by atoms with Crippen LogP contribution in [0.2, 0.25) is 0 Å². The molecule has 0 aromatic carbocycles.